The number of aromatic carboxylic acids is 1. The summed E-state index contributed by atoms with van der Waals surface area (Å²) < 4.78 is 1.98. The van der Waals surface area contributed by atoms with Crippen LogP contribution < -0.4 is 5.43 Å². The Hall–Kier alpha value is -2.90. The van der Waals surface area contributed by atoms with Crippen LogP contribution in [0.15, 0.2) is 35.4 Å². The summed E-state index contributed by atoms with van der Waals surface area (Å²) in [6, 6.07) is 8.58. The number of halogens is 1. The van der Waals surface area contributed by atoms with E-state index in [1.54, 1.807) is 41.8 Å². The van der Waals surface area contributed by atoms with Gasteiger partial charge in [0.2, 0.25) is 0 Å². The summed E-state index contributed by atoms with van der Waals surface area (Å²) in [5.41, 5.74) is 6.93. The summed E-state index contributed by atoms with van der Waals surface area (Å²) in [5, 5.41) is 15.2. The first-order chi connectivity index (χ1) is 14.9. The first-order valence-electron chi connectivity index (χ1n) is 10.0. The summed E-state index contributed by atoms with van der Waals surface area (Å²) in [6.07, 6.45) is 5.45. The molecule has 1 aromatic carbocycles. The van der Waals surface area contributed by atoms with E-state index in [2.05, 4.69) is 10.5 Å². The number of hydrogen-bond acceptors (Lipinski definition) is 4. The fourth-order valence-corrected chi connectivity index (χ4v) is 5.70. The molecule has 1 aliphatic carbocycles. The minimum absolute atomic E-state index is 0.355. The number of benzene rings is 1. The van der Waals surface area contributed by atoms with Crippen LogP contribution in [0.2, 0.25) is 5.02 Å². The number of aromatic nitrogens is 1. The first-order valence-corrected chi connectivity index (χ1v) is 11.2. The third-order valence-electron chi connectivity index (χ3n) is 5.50. The van der Waals surface area contributed by atoms with Gasteiger partial charge in [-0.1, -0.05) is 17.7 Å². The number of nitrogens with one attached hydrogen (secondary N) is 1. The van der Waals surface area contributed by atoms with Crippen LogP contribution >= 0.6 is 22.9 Å². The van der Waals surface area contributed by atoms with E-state index in [-0.39, 0.29) is 5.91 Å². The number of thiophene rings is 1. The molecule has 0 saturated heterocycles. The predicted octanol–water partition coefficient (Wildman–Crippen LogP) is 5.15. The molecule has 0 radical (unpaired) electrons. The van der Waals surface area contributed by atoms with Crippen LogP contribution in [-0.2, 0) is 12.8 Å². The SMILES string of the molecule is Cc1cc(C=NNC(=O)c2cccc(Cl)c2)c(C)n1-c1sc2c(c1C(=O)O)CCCC2. The molecule has 0 saturated carbocycles. The number of aryl methyl sites for hydroxylation is 2. The van der Waals surface area contributed by atoms with E-state index < -0.39 is 5.97 Å². The van der Waals surface area contributed by atoms with Crippen molar-refractivity contribution < 1.29 is 14.7 Å². The molecule has 160 valence electrons. The fraction of sp³-hybridized carbons (Fsp3) is 0.261. The summed E-state index contributed by atoms with van der Waals surface area (Å²) in [5.74, 6) is -1.24. The second kappa shape index (κ2) is 8.69. The van der Waals surface area contributed by atoms with Gasteiger partial charge >= 0.3 is 5.97 Å². The lowest BCUT2D eigenvalue weighted by atomic mass is 9.95. The van der Waals surface area contributed by atoms with Gasteiger partial charge in [0.15, 0.2) is 0 Å². The molecular weight excluding hydrogens is 434 g/mol. The highest BCUT2D eigenvalue weighted by Gasteiger charge is 2.27. The lowest BCUT2D eigenvalue weighted by Gasteiger charge is -2.11. The summed E-state index contributed by atoms with van der Waals surface area (Å²) in [7, 11) is 0. The number of carboxylic acids is 1. The molecule has 0 spiro atoms. The van der Waals surface area contributed by atoms with Crippen molar-refractivity contribution in [2.75, 3.05) is 0 Å². The Balaban J connectivity index is 1.63. The molecule has 0 unspecified atom stereocenters. The minimum atomic E-state index is -0.883. The Labute approximate surface area is 189 Å². The van der Waals surface area contributed by atoms with Gasteiger partial charge in [0.1, 0.15) is 5.00 Å². The lowest BCUT2D eigenvalue weighted by molar-refractivity contribution is 0.0695. The Morgan fingerprint density at radius 2 is 2.00 bits per heavy atom. The Morgan fingerprint density at radius 3 is 2.74 bits per heavy atom. The van der Waals surface area contributed by atoms with Crippen LogP contribution in [0.3, 0.4) is 0 Å². The van der Waals surface area contributed by atoms with E-state index >= 15 is 0 Å². The molecule has 4 rings (SSSR count). The van der Waals surface area contributed by atoms with E-state index in [0.717, 1.165) is 53.2 Å². The van der Waals surface area contributed by atoms with Crippen molar-refractivity contribution in [1.29, 1.82) is 0 Å². The molecule has 2 N–H and O–H groups in total. The number of carbonyl (C=O) groups is 2. The van der Waals surface area contributed by atoms with E-state index in [9.17, 15) is 14.7 Å². The molecule has 31 heavy (non-hydrogen) atoms. The van der Waals surface area contributed by atoms with E-state index in [4.69, 9.17) is 11.6 Å². The highest BCUT2D eigenvalue weighted by atomic mass is 35.5. The van der Waals surface area contributed by atoms with Crippen molar-refractivity contribution in [2.45, 2.75) is 39.5 Å². The van der Waals surface area contributed by atoms with Crippen molar-refractivity contribution in [1.82, 2.24) is 9.99 Å². The van der Waals surface area contributed by atoms with Crippen molar-refractivity contribution in [2.24, 2.45) is 5.10 Å². The maximum Gasteiger partial charge on any atom is 0.339 e. The monoisotopic (exact) mass is 455 g/mol. The van der Waals surface area contributed by atoms with Gasteiger partial charge in [-0.3, -0.25) is 4.79 Å². The third kappa shape index (κ3) is 4.16. The largest absolute Gasteiger partial charge is 0.478 e. The van der Waals surface area contributed by atoms with Gasteiger partial charge < -0.3 is 9.67 Å². The molecule has 0 atom stereocenters. The number of carbonyl (C=O) groups excluding carboxylic acids is 1. The van der Waals surface area contributed by atoms with Gasteiger partial charge in [0.05, 0.1) is 11.8 Å². The number of hydrazone groups is 1. The maximum atomic E-state index is 12.2. The molecule has 1 aliphatic rings. The normalized spacial score (nSPS) is 13.4. The number of rotatable bonds is 5. The van der Waals surface area contributed by atoms with Gasteiger partial charge in [0.25, 0.3) is 5.91 Å². The zero-order valence-electron chi connectivity index (χ0n) is 17.2. The molecule has 8 heteroatoms. The van der Waals surface area contributed by atoms with E-state index in [1.165, 1.54) is 4.88 Å². The second-order valence-electron chi connectivity index (χ2n) is 7.57. The van der Waals surface area contributed by atoms with E-state index in [0.29, 0.717) is 16.1 Å². The van der Waals surface area contributed by atoms with Gasteiger partial charge in [-0.05, 0) is 69.4 Å². The van der Waals surface area contributed by atoms with Gasteiger partial charge in [-0.25, -0.2) is 10.2 Å². The fourth-order valence-electron chi connectivity index (χ4n) is 4.02. The van der Waals surface area contributed by atoms with E-state index in [1.807, 2.05) is 24.5 Å². The Kier molecular flexibility index (Phi) is 5.98. The third-order valence-corrected chi connectivity index (χ3v) is 7.01. The zero-order chi connectivity index (χ0) is 22.1. The van der Waals surface area contributed by atoms with Crippen LogP contribution in [0.5, 0.6) is 0 Å². The predicted molar refractivity (Wildman–Crippen MR) is 123 cm³/mol. The molecular formula is C23H22ClN3O3S. The average molecular weight is 456 g/mol. The highest BCUT2D eigenvalue weighted by Crippen LogP contribution is 2.38. The lowest BCUT2D eigenvalue weighted by Crippen LogP contribution is -2.17. The first kappa shape index (κ1) is 21.3. The van der Waals surface area contributed by atoms with Crippen molar-refractivity contribution in [3.8, 4) is 5.00 Å². The van der Waals surface area contributed by atoms with Gasteiger partial charge in [-0.15, -0.1) is 11.3 Å². The smallest absolute Gasteiger partial charge is 0.339 e. The zero-order valence-corrected chi connectivity index (χ0v) is 18.8. The van der Waals surface area contributed by atoms with Crippen molar-refractivity contribution in [3.05, 3.63) is 73.9 Å². The van der Waals surface area contributed by atoms with Crippen LogP contribution in [-0.4, -0.2) is 27.8 Å². The second-order valence-corrected chi connectivity index (χ2v) is 9.09. The molecule has 0 fully saturated rings. The molecule has 0 bridgehead atoms. The van der Waals surface area contributed by atoms with Gasteiger partial charge in [-0.2, -0.15) is 5.10 Å². The summed E-state index contributed by atoms with van der Waals surface area (Å²) >= 11 is 7.50. The van der Waals surface area contributed by atoms with Crippen LogP contribution in [0.25, 0.3) is 5.00 Å². The van der Waals surface area contributed by atoms with Crippen LogP contribution in [0, 0.1) is 13.8 Å². The standard InChI is InChI=1S/C23H22ClN3O3S/c1-13-10-16(12-25-26-21(28)15-6-5-7-17(24)11-15)14(2)27(13)22-20(23(29)30)18-8-3-4-9-19(18)31-22/h5-7,10-12H,3-4,8-9H2,1-2H3,(H,26,28)(H,29,30). The Morgan fingerprint density at radius 1 is 1.23 bits per heavy atom. The van der Waals surface area contributed by atoms with Crippen molar-refractivity contribution in [3.63, 3.8) is 0 Å². The van der Waals surface area contributed by atoms with Crippen LogP contribution in [0.4, 0.5) is 0 Å². The Bertz CT molecular complexity index is 1210. The molecule has 6 nitrogen and oxygen atoms in total. The highest BCUT2D eigenvalue weighted by molar-refractivity contribution is 7.15. The maximum absolute atomic E-state index is 12.2. The average Bonchev–Trinajstić information content (AvgIpc) is 3.24. The quantitative estimate of drug-likeness (QED) is 0.412. The number of fused-ring (bicyclic) bond motifs is 1. The number of carboxylic acid groups (broad SMARTS) is 1. The summed E-state index contributed by atoms with van der Waals surface area (Å²) in [4.78, 5) is 25.5. The number of amides is 1. The van der Waals surface area contributed by atoms with Gasteiger partial charge in [0, 0.05) is 32.4 Å². The molecule has 0 aliphatic heterocycles. The number of nitrogens with zero attached hydrogens (tertiary/aromatic N) is 2. The topological polar surface area (TPSA) is 83.7 Å². The summed E-state index contributed by atoms with van der Waals surface area (Å²) in [6.45, 7) is 3.87. The molecule has 1 amide bonds. The minimum Gasteiger partial charge on any atom is -0.478 e. The molecule has 3 aromatic rings. The number of hydrogen-bond donors (Lipinski definition) is 2. The van der Waals surface area contributed by atoms with Crippen molar-refractivity contribution >= 4 is 41.0 Å². The molecule has 2 heterocycles. The molecule has 2 aromatic heterocycles. The van der Waals surface area contributed by atoms with Crippen LogP contribution in [0.1, 0.15) is 60.9 Å².